The van der Waals surface area contributed by atoms with Crippen LogP contribution in [-0.2, 0) is 4.79 Å². The number of ether oxygens (including phenoxy) is 1. The van der Waals surface area contributed by atoms with Crippen LogP contribution in [0.15, 0.2) is 77.3 Å². The molecule has 0 saturated heterocycles. The van der Waals surface area contributed by atoms with Crippen LogP contribution in [0.3, 0.4) is 0 Å². The summed E-state index contributed by atoms with van der Waals surface area (Å²) >= 11 is 3.43. The fraction of sp³-hybridized carbons (Fsp3) is 0.231. The van der Waals surface area contributed by atoms with Crippen molar-refractivity contribution >= 4 is 33.4 Å². The van der Waals surface area contributed by atoms with Gasteiger partial charge in [0.15, 0.2) is 0 Å². The molecule has 7 heteroatoms. The van der Waals surface area contributed by atoms with E-state index in [0.717, 1.165) is 27.0 Å². The van der Waals surface area contributed by atoms with Crippen LogP contribution in [-0.4, -0.2) is 38.6 Å². The molecule has 3 aromatic rings. The minimum absolute atomic E-state index is 0.140. The maximum atomic E-state index is 13.0. The van der Waals surface area contributed by atoms with Gasteiger partial charge in [-0.05, 0) is 61.0 Å². The Morgan fingerprint density at radius 3 is 2.33 bits per heavy atom. The van der Waals surface area contributed by atoms with E-state index >= 15 is 0 Å². The summed E-state index contributed by atoms with van der Waals surface area (Å²) in [5, 5.41) is 9.15. The van der Waals surface area contributed by atoms with Crippen molar-refractivity contribution in [3.05, 3.63) is 94.0 Å². The fourth-order valence-electron chi connectivity index (χ4n) is 3.36. The lowest BCUT2D eigenvalue weighted by Crippen LogP contribution is -2.39. The van der Waals surface area contributed by atoms with Crippen LogP contribution in [0.5, 0.6) is 5.75 Å². The third-order valence-corrected chi connectivity index (χ3v) is 5.71. The molecule has 0 aliphatic carbocycles. The van der Waals surface area contributed by atoms with Crippen molar-refractivity contribution in [1.82, 2.24) is 10.6 Å². The van der Waals surface area contributed by atoms with Gasteiger partial charge in [0.05, 0.1) is 13.0 Å². The predicted octanol–water partition coefficient (Wildman–Crippen LogP) is 4.51. The predicted molar refractivity (Wildman–Crippen MR) is 135 cm³/mol. The molecular formula is C26H28BrN3O3. The molecule has 172 valence electrons. The van der Waals surface area contributed by atoms with Gasteiger partial charge < -0.3 is 20.7 Å². The SMILES string of the molecule is COc1ccc(NCCNC(=O)C(CNC(=O)c2cccc(C)c2)c2ccc(Br)cc2)cc1. The summed E-state index contributed by atoms with van der Waals surface area (Å²) in [4.78, 5) is 25.6. The zero-order valence-corrected chi connectivity index (χ0v) is 20.3. The molecule has 0 radical (unpaired) electrons. The Hall–Kier alpha value is -3.32. The second kappa shape index (κ2) is 12.1. The highest BCUT2D eigenvalue weighted by molar-refractivity contribution is 9.10. The van der Waals surface area contributed by atoms with Gasteiger partial charge in [0.25, 0.3) is 5.91 Å². The van der Waals surface area contributed by atoms with Crippen LogP contribution < -0.4 is 20.7 Å². The van der Waals surface area contributed by atoms with Crippen molar-refractivity contribution in [1.29, 1.82) is 0 Å². The first kappa shape index (κ1) is 24.3. The molecule has 1 unspecified atom stereocenters. The number of amides is 2. The van der Waals surface area contributed by atoms with Gasteiger partial charge in [-0.15, -0.1) is 0 Å². The first-order valence-electron chi connectivity index (χ1n) is 10.7. The van der Waals surface area contributed by atoms with Gasteiger partial charge in [0.1, 0.15) is 5.75 Å². The van der Waals surface area contributed by atoms with E-state index in [0.29, 0.717) is 18.7 Å². The zero-order valence-electron chi connectivity index (χ0n) is 18.7. The zero-order chi connectivity index (χ0) is 23.6. The fourth-order valence-corrected chi connectivity index (χ4v) is 3.63. The highest BCUT2D eigenvalue weighted by Crippen LogP contribution is 2.19. The molecule has 0 aromatic heterocycles. The number of nitrogens with one attached hydrogen (secondary N) is 3. The van der Waals surface area contributed by atoms with Crippen molar-refractivity contribution in [2.45, 2.75) is 12.8 Å². The summed E-state index contributed by atoms with van der Waals surface area (Å²) < 4.78 is 6.09. The standard InChI is InChI=1S/C26H28BrN3O3/c1-18-4-3-5-20(16-18)25(31)30-17-24(19-6-8-21(27)9-7-19)26(32)29-15-14-28-22-10-12-23(33-2)13-11-22/h3-13,16,24,28H,14-15,17H2,1-2H3,(H,29,32)(H,30,31). The number of anilines is 1. The van der Waals surface area contributed by atoms with Crippen LogP contribution in [0.25, 0.3) is 0 Å². The molecule has 0 spiro atoms. The van der Waals surface area contributed by atoms with E-state index < -0.39 is 5.92 Å². The summed E-state index contributed by atoms with van der Waals surface area (Å²) in [5.74, 6) is -0.0556. The number of hydrogen-bond donors (Lipinski definition) is 3. The highest BCUT2D eigenvalue weighted by atomic mass is 79.9. The number of carbonyl (C=O) groups excluding carboxylic acids is 2. The lowest BCUT2D eigenvalue weighted by molar-refractivity contribution is -0.122. The Bertz CT molecular complexity index is 1070. The van der Waals surface area contributed by atoms with Crippen LogP contribution >= 0.6 is 15.9 Å². The number of aryl methyl sites for hydroxylation is 1. The van der Waals surface area contributed by atoms with E-state index in [9.17, 15) is 9.59 Å². The van der Waals surface area contributed by atoms with E-state index in [1.807, 2.05) is 73.7 Å². The normalized spacial score (nSPS) is 11.4. The Morgan fingerprint density at radius 2 is 1.67 bits per heavy atom. The Labute approximate surface area is 202 Å². The van der Waals surface area contributed by atoms with Crippen LogP contribution in [0.4, 0.5) is 5.69 Å². The largest absolute Gasteiger partial charge is 0.497 e. The molecule has 3 rings (SSSR count). The first-order valence-corrected chi connectivity index (χ1v) is 11.5. The summed E-state index contributed by atoms with van der Waals surface area (Å²) in [6.45, 7) is 3.16. The van der Waals surface area contributed by atoms with Crippen molar-refractivity contribution in [3.8, 4) is 5.75 Å². The molecule has 0 heterocycles. The van der Waals surface area contributed by atoms with Gasteiger partial charge >= 0.3 is 0 Å². The lowest BCUT2D eigenvalue weighted by Gasteiger charge is -2.19. The minimum Gasteiger partial charge on any atom is -0.497 e. The number of rotatable bonds is 10. The van der Waals surface area contributed by atoms with E-state index in [1.165, 1.54) is 0 Å². The molecular weight excluding hydrogens is 482 g/mol. The number of methoxy groups -OCH3 is 1. The topological polar surface area (TPSA) is 79.5 Å². The Kier molecular flexibility index (Phi) is 8.89. The average Bonchev–Trinajstić information content (AvgIpc) is 2.83. The first-order chi connectivity index (χ1) is 16.0. The van der Waals surface area contributed by atoms with Crippen molar-refractivity contribution in [3.63, 3.8) is 0 Å². The summed E-state index contributed by atoms with van der Waals surface area (Å²) in [7, 11) is 1.63. The Balaban J connectivity index is 1.58. The Morgan fingerprint density at radius 1 is 0.939 bits per heavy atom. The van der Waals surface area contributed by atoms with Gasteiger partial charge in [-0.2, -0.15) is 0 Å². The quantitative estimate of drug-likeness (QED) is 0.351. The van der Waals surface area contributed by atoms with E-state index in [1.54, 1.807) is 13.2 Å². The second-order valence-corrected chi connectivity index (χ2v) is 8.55. The smallest absolute Gasteiger partial charge is 0.251 e. The number of carbonyl (C=O) groups is 2. The second-order valence-electron chi connectivity index (χ2n) is 7.63. The average molecular weight is 510 g/mol. The van der Waals surface area contributed by atoms with E-state index in [4.69, 9.17) is 4.74 Å². The maximum Gasteiger partial charge on any atom is 0.251 e. The maximum absolute atomic E-state index is 13.0. The monoisotopic (exact) mass is 509 g/mol. The third-order valence-electron chi connectivity index (χ3n) is 5.18. The summed E-state index contributed by atoms with van der Waals surface area (Å²) in [6.07, 6.45) is 0. The van der Waals surface area contributed by atoms with Crippen molar-refractivity contribution in [2.75, 3.05) is 32.1 Å². The van der Waals surface area contributed by atoms with Crippen LogP contribution in [0, 0.1) is 6.92 Å². The van der Waals surface area contributed by atoms with Gasteiger partial charge in [0, 0.05) is 35.4 Å². The van der Waals surface area contributed by atoms with Gasteiger partial charge in [-0.3, -0.25) is 9.59 Å². The van der Waals surface area contributed by atoms with Gasteiger partial charge in [0.2, 0.25) is 5.91 Å². The molecule has 6 nitrogen and oxygen atoms in total. The molecule has 0 aliphatic heterocycles. The summed E-state index contributed by atoms with van der Waals surface area (Å²) in [6, 6.07) is 22.5. The number of hydrogen-bond acceptors (Lipinski definition) is 4. The molecule has 3 N–H and O–H groups in total. The van der Waals surface area contributed by atoms with E-state index in [-0.39, 0.29) is 18.4 Å². The molecule has 33 heavy (non-hydrogen) atoms. The molecule has 0 bridgehead atoms. The molecule has 1 atom stereocenters. The van der Waals surface area contributed by atoms with E-state index in [2.05, 4.69) is 31.9 Å². The van der Waals surface area contributed by atoms with Crippen molar-refractivity contribution in [2.24, 2.45) is 0 Å². The number of benzene rings is 3. The van der Waals surface area contributed by atoms with Crippen LogP contribution in [0.2, 0.25) is 0 Å². The number of halogens is 1. The van der Waals surface area contributed by atoms with Crippen molar-refractivity contribution < 1.29 is 14.3 Å². The van der Waals surface area contributed by atoms with Crippen LogP contribution in [0.1, 0.15) is 27.4 Å². The third kappa shape index (κ3) is 7.36. The van der Waals surface area contributed by atoms with Gasteiger partial charge in [-0.25, -0.2) is 0 Å². The molecule has 0 fully saturated rings. The lowest BCUT2D eigenvalue weighted by atomic mass is 9.98. The molecule has 0 aliphatic rings. The summed E-state index contributed by atoms with van der Waals surface area (Å²) in [5.41, 5.74) is 3.37. The molecule has 2 amide bonds. The minimum atomic E-state index is -0.507. The van der Waals surface area contributed by atoms with Gasteiger partial charge in [-0.1, -0.05) is 45.8 Å². The molecule has 3 aromatic carbocycles. The molecule has 0 saturated carbocycles. The highest BCUT2D eigenvalue weighted by Gasteiger charge is 2.21.